The van der Waals surface area contributed by atoms with Crippen LogP contribution in [0.5, 0.6) is 0 Å². The highest BCUT2D eigenvalue weighted by molar-refractivity contribution is 6.08. The summed E-state index contributed by atoms with van der Waals surface area (Å²) in [5.41, 5.74) is 0.608. The van der Waals surface area contributed by atoms with Gasteiger partial charge in [0.2, 0.25) is 5.91 Å². The summed E-state index contributed by atoms with van der Waals surface area (Å²) in [6.07, 6.45) is 6.26. The number of fused-ring (bicyclic) bond motifs is 1. The minimum Gasteiger partial charge on any atom is -0.329 e. The first-order chi connectivity index (χ1) is 9.61. The summed E-state index contributed by atoms with van der Waals surface area (Å²) < 4.78 is 0. The third-order valence-corrected chi connectivity index (χ3v) is 4.05. The number of anilines is 1. The molecule has 2 fully saturated rings. The van der Waals surface area contributed by atoms with Gasteiger partial charge in [0, 0.05) is 6.54 Å². The number of aromatic nitrogens is 2. The second-order valence-electron chi connectivity index (χ2n) is 5.68. The van der Waals surface area contributed by atoms with Crippen LogP contribution in [0.4, 0.5) is 5.69 Å². The van der Waals surface area contributed by atoms with Crippen LogP contribution < -0.4 is 4.90 Å². The van der Waals surface area contributed by atoms with Crippen molar-refractivity contribution in [1.29, 1.82) is 0 Å². The Kier molecular flexibility index (Phi) is 3.16. The summed E-state index contributed by atoms with van der Waals surface area (Å²) in [7, 11) is 0. The Morgan fingerprint density at radius 3 is 2.55 bits per heavy atom. The summed E-state index contributed by atoms with van der Waals surface area (Å²) in [5, 5.41) is 0. The number of hydrogen-bond donors (Lipinski definition) is 0. The molecule has 2 atom stereocenters. The number of hydrogen-bond acceptors (Lipinski definition) is 4. The molecule has 2 aliphatic heterocycles. The molecule has 0 bridgehead atoms. The Morgan fingerprint density at radius 1 is 1.20 bits per heavy atom. The van der Waals surface area contributed by atoms with E-state index in [0.29, 0.717) is 12.2 Å². The molecule has 6 nitrogen and oxygen atoms in total. The van der Waals surface area contributed by atoms with Gasteiger partial charge in [-0.25, -0.2) is 9.97 Å². The Bertz CT molecular complexity index is 531. The summed E-state index contributed by atoms with van der Waals surface area (Å²) in [5.74, 6) is 0.0924. The third-order valence-electron chi connectivity index (χ3n) is 4.05. The lowest BCUT2D eigenvalue weighted by Crippen LogP contribution is -2.64. The van der Waals surface area contributed by atoms with Gasteiger partial charge in [0.15, 0.2) is 0 Å². The smallest absolute Gasteiger partial charge is 0.250 e. The van der Waals surface area contributed by atoms with E-state index in [-0.39, 0.29) is 23.8 Å². The van der Waals surface area contributed by atoms with Gasteiger partial charge in [-0.05, 0) is 18.8 Å². The second kappa shape index (κ2) is 4.85. The monoisotopic (exact) mass is 274 g/mol. The van der Waals surface area contributed by atoms with Crippen molar-refractivity contribution in [2.45, 2.75) is 38.8 Å². The molecule has 2 aliphatic rings. The molecule has 2 saturated heterocycles. The van der Waals surface area contributed by atoms with Crippen molar-refractivity contribution in [3.05, 3.63) is 18.7 Å². The number of piperazine rings is 1. The zero-order chi connectivity index (χ0) is 14.3. The van der Waals surface area contributed by atoms with E-state index in [1.54, 1.807) is 22.2 Å². The van der Waals surface area contributed by atoms with Crippen molar-refractivity contribution >= 4 is 17.5 Å². The van der Waals surface area contributed by atoms with Gasteiger partial charge in [0.1, 0.15) is 18.4 Å². The predicted molar refractivity (Wildman–Crippen MR) is 72.9 cm³/mol. The number of amides is 2. The number of carbonyl (C=O) groups excluding carboxylic acids is 2. The Morgan fingerprint density at radius 2 is 1.90 bits per heavy atom. The molecule has 0 saturated carbocycles. The molecule has 1 aromatic rings. The molecule has 20 heavy (non-hydrogen) atoms. The van der Waals surface area contributed by atoms with Gasteiger partial charge in [-0.15, -0.1) is 0 Å². The fourth-order valence-corrected chi connectivity index (χ4v) is 3.15. The van der Waals surface area contributed by atoms with E-state index in [1.165, 1.54) is 6.33 Å². The lowest BCUT2D eigenvalue weighted by molar-refractivity contribution is -0.145. The van der Waals surface area contributed by atoms with Crippen LogP contribution in [0, 0.1) is 5.92 Å². The third kappa shape index (κ3) is 1.87. The van der Waals surface area contributed by atoms with Crippen LogP contribution in [0.2, 0.25) is 0 Å². The van der Waals surface area contributed by atoms with E-state index in [1.807, 2.05) is 13.8 Å². The summed E-state index contributed by atoms with van der Waals surface area (Å²) in [6, 6.07) is -0.763. The van der Waals surface area contributed by atoms with E-state index in [9.17, 15) is 9.59 Å². The van der Waals surface area contributed by atoms with Gasteiger partial charge in [0.25, 0.3) is 5.91 Å². The topological polar surface area (TPSA) is 66.4 Å². The molecule has 0 aromatic carbocycles. The summed E-state index contributed by atoms with van der Waals surface area (Å²) in [6.45, 7) is 4.61. The first kappa shape index (κ1) is 13.0. The fraction of sp³-hybridized carbons (Fsp3) is 0.571. The maximum Gasteiger partial charge on any atom is 0.250 e. The lowest BCUT2D eigenvalue weighted by atomic mass is 9.95. The van der Waals surface area contributed by atoms with Gasteiger partial charge in [-0.3, -0.25) is 14.5 Å². The molecule has 0 aliphatic carbocycles. The van der Waals surface area contributed by atoms with Crippen molar-refractivity contribution in [3.63, 3.8) is 0 Å². The second-order valence-corrected chi connectivity index (χ2v) is 5.68. The standard InChI is InChI=1S/C14H18N4O2/c1-9(2)12-14(20)17-5-3-4-11(17)13(19)18(12)10-6-15-8-16-7-10/h6-9,11-12H,3-5H2,1-2H3. The van der Waals surface area contributed by atoms with Crippen LogP contribution in [0.25, 0.3) is 0 Å². The van der Waals surface area contributed by atoms with Gasteiger partial charge in [0.05, 0.1) is 18.1 Å². The molecule has 0 N–H and O–H groups in total. The van der Waals surface area contributed by atoms with Crippen LogP contribution in [-0.2, 0) is 9.59 Å². The summed E-state index contributed by atoms with van der Waals surface area (Å²) in [4.78, 5) is 36.7. The highest BCUT2D eigenvalue weighted by Gasteiger charge is 2.49. The predicted octanol–water partition coefficient (Wildman–Crippen LogP) is 0.839. The minimum atomic E-state index is -0.456. The average Bonchev–Trinajstić information content (AvgIpc) is 2.93. The number of nitrogens with zero attached hydrogens (tertiary/aromatic N) is 4. The lowest BCUT2D eigenvalue weighted by Gasteiger charge is -2.43. The molecule has 0 spiro atoms. The van der Waals surface area contributed by atoms with Crippen molar-refractivity contribution < 1.29 is 9.59 Å². The maximum absolute atomic E-state index is 12.7. The van der Waals surface area contributed by atoms with Crippen molar-refractivity contribution in [2.24, 2.45) is 5.92 Å². The van der Waals surface area contributed by atoms with Gasteiger partial charge in [-0.1, -0.05) is 13.8 Å². The minimum absolute atomic E-state index is 0.00407. The van der Waals surface area contributed by atoms with Crippen LogP contribution in [0.15, 0.2) is 18.7 Å². The van der Waals surface area contributed by atoms with Gasteiger partial charge >= 0.3 is 0 Å². The molecule has 3 rings (SSSR count). The largest absolute Gasteiger partial charge is 0.329 e. The maximum atomic E-state index is 12.7. The molecule has 3 heterocycles. The van der Waals surface area contributed by atoms with E-state index in [2.05, 4.69) is 9.97 Å². The summed E-state index contributed by atoms with van der Waals surface area (Å²) >= 11 is 0. The fourth-order valence-electron chi connectivity index (χ4n) is 3.15. The van der Waals surface area contributed by atoms with Gasteiger partial charge < -0.3 is 4.90 Å². The van der Waals surface area contributed by atoms with Crippen LogP contribution in [0.3, 0.4) is 0 Å². The number of carbonyl (C=O) groups is 2. The molecular weight excluding hydrogens is 256 g/mol. The molecule has 2 amide bonds. The first-order valence-corrected chi connectivity index (χ1v) is 7.00. The van der Waals surface area contributed by atoms with Crippen molar-refractivity contribution in [2.75, 3.05) is 11.4 Å². The zero-order valence-electron chi connectivity index (χ0n) is 11.7. The molecule has 1 aromatic heterocycles. The van der Waals surface area contributed by atoms with Crippen LogP contribution in [0.1, 0.15) is 26.7 Å². The molecule has 2 unspecified atom stereocenters. The highest BCUT2D eigenvalue weighted by atomic mass is 16.2. The Hall–Kier alpha value is -1.98. The van der Waals surface area contributed by atoms with Crippen LogP contribution in [-0.4, -0.2) is 45.3 Å². The van der Waals surface area contributed by atoms with Crippen LogP contribution >= 0.6 is 0 Å². The van der Waals surface area contributed by atoms with E-state index in [0.717, 1.165) is 12.8 Å². The molecule has 6 heteroatoms. The van der Waals surface area contributed by atoms with Crippen molar-refractivity contribution in [3.8, 4) is 0 Å². The normalized spacial score (nSPS) is 26.4. The Balaban J connectivity index is 2.04. The Labute approximate surface area is 117 Å². The zero-order valence-corrected chi connectivity index (χ0v) is 11.7. The molecular formula is C14H18N4O2. The van der Waals surface area contributed by atoms with Crippen molar-refractivity contribution in [1.82, 2.24) is 14.9 Å². The number of rotatable bonds is 2. The highest BCUT2D eigenvalue weighted by Crippen LogP contribution is 2.32. The SMILES string of the molecule is CC(C)C1C(=O)N2CCCC2C(=O)N1c1cncnc1. The van der Waals surface area contributed by atoms with E-state index in [4.69, 9.17) is 0 Å². The quantitative estimate of drug-likeness (QED) is 0.801. The molecule has 0 radical (unpaired) electrons. The average molecular weight is 274 g/mol. The van der Waals surface area contributed by atoms with E-state index >= 15 is 0 Å². The first-order valence-electron chi connectivity index (χ1n) is 7.00. The van der Waals surface area contributed by atoms with E-state index < -0.39 is 6.04 Å². The molecule has 106 valence electrons. The van der Waals surface area contributed by atoms with Gasteiger partial charge in [-0.2, -0.15) is 0 Å².